The maximum absolute atomic E-state index is 12.8. The van der Waals surface area contributed by atoms with Crippen LogP contribution in [0.15, 0.2) is 79.5 Å². The van der Waals surface area contributed by atoms with Crippen LogP contribution in [0.2, 0.25) is 0 Å². The molecule has 0 spiro atoms. The third-order valence-electron chi connectivity index (χ3n) is 5.31. The monoisotopic (exact) mass is 425 g/mol. The Bertz CT molecular complexity index is 1260. The fourth-order valence-electron chi connectivity index (χ4n) is 3.32. The third kappa shape index (κ3) is 4.44. The first-order valence-corrected chi connectivity index (χ1v) is 10.2. The van der Waals surface area contributed by atoms with Crippen molar-refractivity contribution < 1.29 is 14.3 Å². The second-order valence-corrected chi connectivity index (χ2v) is 7.55. The molecule has 6 heteroatoms. The fourth-order valence-corrected chi connectivity index (χ4v) is 3.32. The lowest BCUT2D eigenvalue weighted by Crippen LogP contribution is -2.35. The van der Waals surface area contributed by atoms with Gasteiger partial charge >= 0.3 is 0 Å². The van der Waals surface area contributed by atoms with Gasteiger partial charge in [-0.15, -0.1) is 0 Å². The number of ether oxygens (including phenoxy) is 1. The zero-order valence-electron chi connectivity index (χ0n) is 17.5. The molecule has 1 fully saturated rings. The molecule has 0 radical (unpaired) electrons. The van der Waals surface area contributed by atoms with E-state index in [1.54, 1.807) is 60.8 Å². The number of allylic oxidation sites excluding steroid dienone is 1. The molecule has 2 amide bonds. The first-order valence-electron chi connectivity index (χ1n) is 10.2. The Hall–Kier alpha value is -4.19. The molecule has 1 aromatic heterocycles. The Kier molecular flexibility index (Phi) is 5.85. The number of nitrogens with one attached hydrogen (secondary N) is 2. The minimum Gasteiger partial charge on any atom is -0.457 e. The van der Waals surface area contributed by atoms with Crippen LogP contribution in [0.5, 0.6) is 11.5 Å². The maximum atomic E-state index is 12.8. The van der Waals surface area contributed by atoms with E-state index in [2.05, 4.69) is 28.8 Å². The topological polar surface area (TPSA) is 80.3 Å². The Labute approximate surface area is 186 Å². The summed E-state index contributed by atoms with van der Waals surface area (Å²) in [7, 11) is 0. The molecular formula is C26H23N3O3. The normalized spacial score (nSPS) is 14.3. The third-order valence-corrected chi connectivity index (χ3v) is 5.31. The van der Waals surface area contributed by atoms with Gasteiger partial charge in [0.05, 0.1) is 5.35 Å². The van der Waals surface area contributed by atoms with Crippen molar-refractivity contribution >= 4 is 35.8 Å². The van der Waals surface area contributed by atoms with E-state index in [-0.39, 0.29) is 11.8 Å². The van der Waals surface area contributed by atoms with Crippen LogP contribution >= 0.6 is 0 Å². The summed E-state index contributed by atoms with van der Waals surface area (Å²) in [6.45, 7) is 7.62. The second-order valence-electron chi connectivity index (χ2n) is 7.55. The van der Waals surface area contributed by atoms with Crippen LogP contribution in [-0.4, -0.2) is 16.8 Å². The summed E-state index contributed by atoms with van der Waals surface area (Å²) in [6, 6.07) is 17.9. The lowest BCUT2D eigenvalue weighted by molar-refractivity contribution is -0.131. The molecule has 160 valence electrons. The number of pyridine rings is 1. The highest BCUT2D eigenvalue weighted by Gasteiger charge is 2.56. The van der Waals surface area contributed by atoms with Crippen LogP contribution in [-0.2, 0) is 9.59 Å². The van der Waals surface area contributed by atoms with Crippen molar-refractivity contribution in [2.45, 2.75) is 12.8 Å². The summed E-state index contributed by atoms with van der Waals surface area (Å²) in [5, 5.41) is 7.02. The van der Waals surface area contributed by atoms with Gasteiger partial charge in [-0.3, -0.25) is 14.6 Å². The number of rotatable bonds is 7. The Balaban J connectivity index is 1.43. The molecule has 0 unspecified atom stereocenters. The van der Waals surface area contributed by atoms with Gasteiger partial charge in [-0.2, -0.15) is 0 Å². The molecule has 32 heavy (non-hydrogen) atoms. The van der Waals surface area contributed by atoms with Crippen molar-refractivity contribution in [3.8, 4) is 11.5 Å². The highest BCUT2D eigenvalue weighted by molar-refractivity contribution is 6.16. The van der Waals surface area contributed by atoms with Crippen LogP contribution in [0, 0.1) is 5.41 Å². The number of carbonyl (C=O) groups excluding carboxylic acids is 2. The zero-order valence-corrected chi connectivity index (χ0v) is 17.5. The number of benzene rings is 2. The minimum atomic E-state index is -1.03. The van der Waals surface area contributed by atoms with Crippen LogP contribution in [0.3, 0.4) is 0 Å². The van der Waals surface area contributed by atoms with Gasteiger partial charge in [0, 0.05) is 22.8 Å². The average Bonchev–Trinajstić information content (AvgIpc) is 3.61. The first kappa shape index (κ1) is 21.1. The number of aromatic nitrogens is 1. The van der Waals surface area contributed by atoms with Gasteiger partial charge in [0.2, 0.25) is 11.8 Å². The quantitative estimate of drug-likeness (QED) is 0.567. The van der Waals surface area contributed by atoms with Gasteiger partial charge in [-0.25, -0.2) is 0 Å². The fraction of sp³-hybridized carbons (Fsp3) is 0.115. The molecule has 1 aliphatic carbocycles. The highest BCUT2D eigenvalue weighted by Crippen LogP contribution is 2.47. The largest absolute Gasteiger partial charge is 0.457 e. The van der Waals surface area contributed by atoms with E-state index >= 15 is 0 Å². The van der Waals surface area contributed by atoms with Crippen molar-refractivity contribution in [2.75, 3.05) is 10.6 Å². The molecule has 0 bridgehead atoms. The molecule has 6 nitrogen and oxygen atoms in total. The molecule has 3 aromatic rings. The molecule has 1 aliphatic rings. The summed E-state index contributed by atoms with van der Waals surface area (Å²) in [5.74, 6) is 0.610. The second kappa shape index (κ2) is 8.89. The van der Waals surface area contributed by atoms with E-state index in [9.17, 15) is 9.59 Å². The van der Waals surface area contributed by atoms with E-state index in [4.69, 9.17) is 4.74 Å². The van der Waals surface area contributed by atoms with Gasteiger partial charge in [0.1, 0.15) is 16.9 Å². The van der Waals surface area contributed by atoms with E-state index in [1.807, 2.05) is 18.2 Å². The number of hydrogen-bond donors (Lipinski definition) is 2. The molecule has 2 aromatic carbocycles. The molecule has 0 aliphatic heterocycles. The standard InChI is InChI=1S/C26H23N3O3/c1-3-7-22-18(2)27-17-14-23(22)32-21-12-10-20(11-13-21)29-25(31)26(15-16-26)24(30)28-19-8-5-4-6-9-19/h3-14,17H,1-2,15-16H2,(H,28,30)(H,29,31)/b22-7+. The van der Waals surface area contributed by atoms with Gasteiger partial charge < -0.3 is 15.4 Å². The molecule has 4 rings (SSSR count). The number of carbonyl (C=O) groups is 2. The Morgan fingerprint density at radius 1 is 0.938 bits per heavy atom. The van der Waals surface area contributed by atoms with E-state index < -0.39 is 5.41 Å². The van der Waals surface area contributed by atoms with E-state index in [0.29, 0.717) is 41.1 Å². The highest BCUT2D eigenvalue weighted by atomic mass is 16.5. The predicted molar refractivity (Wildman–Crippen MR) is 126 cm³/mol. The van der Waals surface area contributed by atoms with Crippen LogP contribution in [0.25, 0.3) is 12.7 Å². The van der Waals surface area contributed by atoms with Gasteiger partial charge in [0.15, 0.2) is 0 Å². The van der Waals surface area contributed by atoms with Crippen molar-refractivity contribution in [1.29, 1.82) is 0 Å². The molecule has 0 atom stereocenters. The summed E-state index contributed by atoms with van der Waals surface area (Å²) in [4.78, 5) is 29.7. The molecule has 1 saturated carbocycles. The minimum absolute atomic E-state index is 0.284. The van der Waals surface area contributed by atoms with Crippen LogP contribution < -0.4 is 25.9 Å². The molecule has 0 saturated heterocycles. The van der Waals surface area contributed by atoms with E-state index in [1.165, 1.54) is 0 Å². The molecular weight excluding hydrogens is 402 g/mol. The number of nitrogens with zero attached hydrogens (tertiary/aromatic N) is 1. The van der Waals surface area contributed by atoms with Crippen LogP contribution in [0.1, 0.15) is 12.8 Å². The number of para-hydroxylation sites is 1. The summed E-state index contributed by atoms with van der Waals surface area (Å²) in [5.41, 5.74) is 0.237. The predicted octanol–water partition coefficient (Wildman–Crippen LogP) is 3.61. The average molecular weight is 425 g/mol. The van der Waals surface area contributed by atoms with Crippen molar-refractivity contribution in [3.63, 3.8) is 0 Å². The summed E-state index contributed by atoms with van der Waals surface area (Å²) >= 11 is 0. The summed E-state index contributed by atoms with van der Waals surface area (Å²) in [6.07, 6.45) is 6.11. The first-order chi connectivity index (χ1) is 15.5. The zero-order chi connectivity index (χ0) is 22.6. The molecule has 1 heterocycles. The maximum Gasteiger partial charge on any atom is 0.240 e. The lowest BCUT2D eigenvalue weighted by Gasteiger charge is -2.16. The van der Waals surface area contributed by atoms with Gasteiger partial charge in [0.25, 0.3) is 0 Å². The lowest BCUT2D eigenvalue weighted by atomic mass is 10.0. The number of amides is 2. The summed E-state index contributed by atoms with van der Waals surface area (Å²) < 4.78 is 5.95. The Morgan fingerprint density at radius 3 is 2.16 bits per heavy atom. The smallest absolute Gasteiger partial charge is 0.240 e. The van der Waals surface area contributed by atoms with Crippen molar-refractivity contribution in [1.82, 2.24) is 4.98 Å². The van der Waals surface area contributed by atoms with Gasteiger partial charge in [-0.1, -0.05) is 37.4 Å². The molecule has 2 N–H and O–H groups in total. The number of anilines is 2. The van der Waals surface area contributed by atoms with Crippen molar-refractivity contribution in [3.05, 3.63) is 90.1 Å². The number of hydrogen-bond acceptors (Lipinski definition) is 4. The Morgan fingerprint density at radius 2 is 1.56 bits per heavy atom. The van der Waals surface area contributed by atoms with Crippen LogP contribution in [0.4, 0.5) is 11.4 Å². The van der Waals surface area contributed by atoms with Gasteiger partial charge in [-0.05, 0) is 61.4 Å². The van der Waals surface area contributed by atoms with E-state index in [0.717, 1.165) is 5.22 Å². The van der Waals surface area contributed by atoms with Crippen molar-refractivity contribution in [2.24, 2.45) is 5.41 Å². The SMILES string of the molecule is C=C/C=c1/c(Oc2ccc(NC(=O)C3(C(=O)Nc4ccccc4)CC3)cc2)ccnc1=C.